The smallest absolute Gasteiger partial charge is 0.252 e. The van der Waals surface area contributed by atoms with Gasteiger partial charge in [-0.2, -0.15) is 0 Å². The molecular formula is C19H21ClN2O4. The van der Waals surface area contributed by atoms with Gasteiger partial charge in [0.15, 0.2) is 0 Å². The van der Waals surface area contributed by atoms with Gasteiger partial charge >= 0.3 is 0 Å². The lowest BCUT2D eigenvalue weighted by atomic mass is 10.2. The minimum Gasteiger partial charge on any atom is -0.497 e. The summed E-state index contributed by atoms with van der Waals surface area (Å²) in [6.45, 7) is 0.961. The van der Waals surface area contributed by atoms with E-state index in [2.05, 4.69) is 10.6 Å². The third kappa shape index (κ3) is 6.29. The molecule has 2 amide bonds. The van der Waals surface area contributed by atoms with Crippen LogP contribution in [0.4, 0.5) is 0 Å². The van der Waals surface area contributed by atoms with E-state index in [1.807, 2.05) is 0 Å². The van der Waals surface area contributed by atoms with Gasteiger partial charge < -0.3 is 20.1 Å². The van der Waals surface area contributed by atoms with Gasteiger partial charge in [0.1, 0.15) is 18.1 Å². The fraction of sp³-hybridized carbons (Fsp3) is 0.263. The van der Waals surface area contributed by atoms with E-state index in [0.29, 0.717) is 29.5 Å². The Morgan fingerprint density at radius 1 is 0.962 bits per heavy atom. The first kappa shape index (κ1) is 19.6. The highest BCUT2D eigenvalue weighted by atomic mass is 35.5. The zero-order chi connectivity index (χ0) is 18.8. The molecule has 7 heteroatoms. The van der Waals surface area contributed by atoms with E-state index in [0.717, 1.165) is 5.75 Å². The van der Waals surface area contributed by atoms with Crippen molar-refractivity contribution in [1.82, 2.24) is 10.6 Å². The summed E-state index contributed by atoms with van der Waals surface area (Å²) < 4.78 is 10.6. The molecule has 0 fully saturated rings. The van der Waals surface area contributed by atoms with Crippen LogP contribution in [0.1, 0.15) is 16.8 Å². The topological polar surface area (TPSA) is 76.7 Å². The lowest BCUT2D eigenvalue weighted by molar-refractivity contribution is -0.121. The summed E-state index contributed by atoms with van der Waals surface area (Å²) in [6.07, 6.45) is 0.179. The fourth-order valence-electron chi connectivity index (χ4n) is 2.15. The van der Waals surface area contributed by atoms with Gasteiger partial charge in [-0.15, -0.1) is 0 Å². The molecule has 0 aromatic heterocycles. The Hall–Kier alpha value is -2.73. The Morgan fingerprint density at radius 3 is 2.35 bits per heavy atom. The number of amides is 2. The number of hydrogen-bond donors (Lipinski definition) is 2. The van der Waals surface area contributed by atoms with Gasteiger partial charge in [-0.25, -0.2) is 0 Å². The van der Waals surface area contributed by atoms with Crippen LogP contribution in [0.25, 0.3) is 0 Å². The van der Waals surface area contributed by atoms with Crippen molar-refractivity contribution in [3.05, 3.63) is 59.1 Å². The van der Waals surface area contributed by atoms with Crippen LogP contribution in [0, 0.1) is 0 Å². The SMILES string of the molecule is COc1ccc(OCCNC(=O)CCNC(=O)c2ccccc2Cl)cc1. The average molecular weight is 377 g/mol. The predicted molar refractivity (Wildman–Crippen MR) is 99.9 cm³/mol. The Balaban J connectivity index is 1.60. The van der Waals surface area contributed by atoms with E-state index in [4.69, 9.17) is 21.1 Å². The maximum Gasteiger partial charge on any atom is 0.252 e. The largest absolute Gasteiger partial charge is 0.497 e. The molecule has 0 atom stereocenters. The number of nitrogens with one attached hydrogen (secondary N) is 2. The number of hydrogen-bond acceptors (Lipinski definition) is 4. The van der Waals surface area contributed by atoms with Gasteiger partial charge in [0, 0.05) is 13.0 Å². The molecule has 6 nitrogen and oxygen atoms in total. The lowest BCUT2D eigenvalue weighted by Gasteiger charge is -2.09. The number of carbonyl (C=O) groups excluding carboxylic acids is 2. The van der Waals surface area contributed by atoms with Crippen molar-refractivity contribution in [1.29, 1.82) is 0 Å². The average Bonchev–Trinajstić information content (AvgIpc) is 2.66. The van der Waals surface area contributed by atoms with Crippen LogP contribution >= 0.6 is 11.6 Å². The monoisotopic (exact) mass is 376 g/mol. The second-order valence-electron chi connectivity index (χ2n) is 5.36. The van der Waals surface area contributed by atoms with Crippen molar-refractivity contribution in [3.8, 4) is 11.5 Å². The van der Waals surface area contributed by atoms with Crippen molar-refractivity contribution in [2.24, 2.45) is 0 Å². The highest BCUT2D eigenvalue weighted by Crippen LogP contribution is 2.16. The van der Waals surface area contributed by atoms with E-state index < -0.39 is 0 Å². The summed E-state index contributed by atoms with van der Waals surface area (Å²) in [5.74, 6) is 0.991. The first-order chi connectivity index (χ1) is 12.6. The molecule has 2 rings (SSSR count). The van der Waals surface area contributed by atoms with Gasteiger partial charge in [0.05, 0.1) is 24.2 Å². The highest BCUT2D eigenvalue weighted by Gasteiger charge is 2.09. The maximum atomic E-state index is 12.0. The van der Waals surface area contributed by atoms with E-state index >= 15 is 0 Å². The van der Waals surface area contributed by atoms with Gasteiger partial charge in [-0.3, -0.25) is 9.59 Å². The van der Waals surface area contributed by atoms with Crippen molar-refractivity contribution in [3.63, 3.8) is 0 Å². The van der Waals surface area contributed by atoms with Crippen molar-refractivity contribution >= 4 is 23.4 Å². The predicted octanol–water partition coefficient (Wildman–Crippen LogP) is 2.66. The molecule has 0 radical (unpaired) electrons. The van der Waals surface area contributed by atoms with Gasteiger partial charge in [0.25, 0.3) is 5.91 Å². The Morgan fingerprint density at radius 2 is 1.65 bits per heavy atom. The molecule has 2 aromatic carbocycles. The summed E-state index contributed by atoms with van der Waals surface area (Å²) in [4.78, 5) is 23.7. The molecule has 2 aromatic rings. The van der Waals surface area contributed by atoms with Crippen LogP contribution in [0.15, 0.2) is 48.5 Å². The molecular weight excluding hydrogens is 356 g/mol. The normalized spacial score (nSPS) is 10.1. The lowest BCUT2D eigenvalue weighted by Crippen LogP contribution is -2.32. The summed E-state index contributed by atoms with van der Waals surface area (Å²) >= 11 is 5.95. The molecule has 0 unspecified atom stereocenters. The quantitative estimate of drug-likeness (QED) is 0.660. The Kier molecular flexibility index (Phi) is 7.76. The molecule has 0 saturated carbocycles. The fourth-order valence-corrected chi connectivity index (χ4v) is 2.37. The number of carbonyl (C=O) groups is 2. The van der Waals surface area contributed by atoms with E-state index in [1.54, 1.807) is 55.6 Å². The molecule has 0 saturated heterocycles. The molecule has 0 aliphatic carbocycles. The van der Waals surface area contributed by atoms with Crippen LogP contribution in [-0.2, 0) is 4.79 Å². The van der Waals surface area contributed by atoms with E-state index in [9.17, 15) is 9.59 Å². The minimum absolute atomic E-state index is 0.164. The number of methoxy groups -OCH3 is 1. The summed E-state index contributed by atoms with van der Waals surface area (Å²) in [7, 11) is 1.60. The molecule has 26 heavy (non-hydrogen) atoms. The van der Waals surface area contributed by atoms with Crippen molar-refractivity contribution in [2.75, 3.05) is 26.8 Å². The van der Waals surface area contributed by atoms with Crippen LogP contribution in [0.3, 0.4) is 0 Å². The third-order valence-electron chi connectivity index (χ3n) is 3.51. The van der Waals surface area contributed by atoms with Gasteiger partial charge in [-0.1, -0.05) is 23.7 Å². The molecule has 2 N–H and O–H groups in total. The zero-order valence-corrected chi connectivity index (χ0v) is 15.2. The first-order valence-electron chi connectivity index (χ1n) is 8.16. The second kappa shape index (κ2) is 10.3. The van der Waals surface area contributed by atoms with Crippen molar-refractivity contribution in [2.45, 2.75) is 6.42 Å². The highest BCUT2D eigenvalue weighted by molar-refractivity contribution is 6.33. The maximum absolute atomic E-state index is 12.0. The van der Waals surface area contributed by atoms with Gasteiger partial charge in [-0.05, 0) is 36.4 Å². The third-order valence-corrected chi connectivity index (χ3v) is 3.84. The molecule has 0 spiro atoms. The standard InChI is InChI=1S/C19H21ClN2O4/c1-25-14-6-8-15(9-7-14)26-13-12-21-18(23)10-11-22-19(24)16-4-2-3-5-17(16)20/h2-9H,10-13H2,1H3,(H,21,23)(H,22,24). The number of rotatable bonds is 9. The summed E-state index contributed by atoms with van der Waals surface area (Å²) in [6, 6.07) is 14.0. The second-order valence-corrected chi connectivity index (χ2v) is 5.77. The number of halogens is 1. The van der Waals surface area contributed by atoms with Crippen molar-refractivity contribution < 1.29 is 19.1 Å². The minimum atomic E-state index is -0.300. The zero-order valence-electron chi connectivity index (χ0n) is 14.5. The van der Waals surface area contributed by atoms with Crippen LogP contribution in [0.2, 0.25) is 5.02 Å². The number of ether oxygens (including phenoxy) is 2. The Bertz CT molecular complexity index is 735. The molecule has 0 aliphatic heterocycles. The number of benzene rings is 2. The van der Waals surface area contributed by atoms with Crippen LogP contribution < -0.4 is 20.1 Å². The van der Waals surface area contributed by atoms with E-state index in [1.165, 1.54) is 0 Å². The van der Waals surface area contributed by atoms with Crippen LogP contribution in [-0.4, -0.2) is 38.6 Å². The van der Waals surface area contributed by atoms with Crippen LogP contribution in [0.5, 0.6) is 11.5 Å². The molecule has 0 heterocycles. The summed E-state index contributed by atoms with van der Waals surface area (Å²) in [5.41, 5.74) is 0.391. The molecule has 0 bridgehead atoms. The van der Waals surface area contributed by atoms with Gasteiger partial charge in [0.2, 0.25) is 5.91 Å². The molecule has 138 valence electrons. The Labute approximate surface area is 157 Å². The first-order valence-corrected chi connectivity index (χ1v) is 8.54. The molecule has 0 aliphatic rings. The van der Waals surface area contributed by atoms with E-state index in [-0.39, 0.29) is 24.8 Å². The summed E-state index contributed by atoms with van der Waals surface area (Å²) in [5, 5.41) is 5.78.